The molecule has 1 unspecified atom stereocenters. The van der Waals surface area contributed by atoms with Crippen molar-refractivity contribution < 1.29 is 0 Å². The highest BCUT2D eigenvalue weighted by Gasteiger charge is 2.39. The molecule has 3 aliphatic rings. The van der Waals surface area contributed by atoms with Gasteiger partial charge in [0.2, 0.25) is 0 Å². The van der Waals surface area contributed by atoms with Crippen LogP contribution in [-0.2, 0) is 10.8 Å². The molecule has 6 aromatic carbocycles. The molecule has 2 heteroatoms. The molecule has 2 aliphatic carbocycles. The van der Waals surface area contributed by atoms with Gasteiger partial charge in [0.1, 0.15) is 6.17 Å². The van der Waals surface area contributed by atoms with E-state index in [0.29, 0.717) is 0 Å². The monoisotopic (exact) mass is 580 g/mol. The third-order valence-corrected chi connectivity index (χ3v) is 10.7. The van der Waals surface area contributed by atoms with Gasteiger partial charge in [-0.1, -0.05) is 137 Å². The van der Waals surface area contributed by atoms with Gasteiger partial charge in [0.25, 0.3) is 0 Å². The molecule has 45 heavy (non-hydrogen) atoms. The third kappa shape index (κ3) is 3.63. The number of fused-ring (bicyclic) bond motifs is 7. The van der Waals surface area contributed by atoms with E-state index in [4.69, 9.17) is 0 Å². The summed E-state index contributed by atoms with van der Waals surface area (Å²) in [6, 6.07) is 49.6. The van der Waals surface area contributed by atoms with Crippen molar-refractivity contribution in [1.29, 1.82) is 0 Å². The molecular weight excluding hydrogens is 544 g/mol. The zero-order valence-corrected chi connectivity index (χ0v) is 26.2. The number of anilines is 3. The summed E-state index contributed by atoms with van der Waals surface area (Å²) >= 11 is 0. The second-order valence-corrected chi connectivity index (χ2v) is 13.9. The molecule has 0 aromatic heterocycles. The van der Waals surface area contributed by atoms with Crippen LogP contribution in [0.5, 0.6) is 0 Å². The fourth-order valence-corrected chi connectivity index (χ4v) is 8.37. The van der Waals surface area contributed by atoms with E-state index in [2.05, 4.69) is 171 Å². The van der Waals surface area contributed by atoms with Crippen molar-refractivity contribution in [3.63, 3.8) is 0 Å². The molecule has 0 saturated carbocycles. The van der Waals surface area contributed by atoms with Crippen LogP contribution in [0.15, 0.2) is 133 Å². The topological polar surface area (TPSA) is 15.3 Å². The molecule has 0 radical (unpaired) electrons. The zero-order valence-electron chi connectivity index (χ0n) is 26.2. The highest BCUT2D eigenvalue weighted by molar-refractivity contribution is 5.93. The number of para-hydroxylation sites is 2. The van der Waals surface area contributed by atoms with E-state index in [9.17, 15) is 0 Å². The van der Waals surface area contributed by atoms with Crippen LogP contribution in [0.1, 0.15) is 61.7 Å². The maximum absolute atomic E-state index is 3.87. The number of benzene rings is 6. The van der Waals surface area contributed by atoms with Gasteiger partial charge in [-0.2, -0.15) is 0 Å². The van der Waals surface area contributed by atoms with E-state index in [0.717, 1.165) is 5.69 Å². The number of rotatable bonds is 3. The van der Waals surface area contributed by atoms with Crippen molar-refractivity contribution >= 4 is 17.1 Å². The quantitative estimate of drug-likeness (QED) is 0.224. The molecule has 1 aliphatic heterocycles. The van der Waals surface area contributed by atoms with Gasteiger partial charge < -0.3 is 10.2 Å². The summed E-state index contributed by atoms with van der Waals surface area (Å²) in [4.78, 5) is 2.46. The zero-order chi connectivity index (χ0) is 30.5. The van der Waals surface area contributed by atoms with Gasteiger partial charge in [-0.3, -0.25) is 0 Å². The lowest BCUT2D eigenvalue weighted by molar-refractivity contribution is 0.657. The average Bonchev–Trinajstić information content (AvgIpc) is 3.65. The van der Waals surface area contributed by atoms with Gasteiger partial charge in [-0.15, -0.1) is 0 Å². The van der Waals surface area contributed by atoms with E-state index in [1.165, 1.54) is 72.6 Å². The second-order valence-electron chi connectivity index (χ2n) is 13.9. The standard InChI is InChI=1S/C43H36N2/c1-42(2)35-16-8-6-13-33(35)40-30(14-11-17-36(40)42)27-20-23-29(24-21-27)45-39-19-10-9-18-38(39)44-41(45)28-22-25-32-31-12-5-7-15-34(31)43(3,4)37(32)26-28/h5-26,41,44H,1-4H3. The van der Waals surface area contributed by atoms with Crippen LogP contribution < -0.4 is 10.2 Å². The smallest absolute Gasteiger partial charge is 0.130 e. The lowest BCUT2D eigenvalue weighted by Crippen LogP contribution is -2.24. The van der Waals surface area contributed by atoms with Crippen LogP contribution in [0.25, 0.3) is 33.4 Å². The largest absolute Gasteiger partial charge is 0.359 e. The minimum absolute atomic E-state index is 0.00768. The minimum atomic E-state index is -0.0387. The molecule has 0 saturated heterocycles. The average molecular weight is 581 g/mol. The molecule has 0 bridgehead atoms. The predicted molar refractivity (Wildman–Crippen MR) is 188 cm³/mol. The summed E-state index contributed by atoms with van der Waals surface area (Å²) < 4.78 is 0. The molecular formula is C43H36N2. The van der Waals surface area contributed by atoms with Crippen molar-refractivity contribution in [3.05, 3.63) is 161 Å². The molecule has 0 spiro atoms. The van der Waals surface area contributed by atoms with Crippen LogP contribution in [0.4, 0.5) is 17.1 Å². The SMILES string of the molecule is CC1(C)c2ccccc2-c2ccc(C3Nc4ccccc4N3c3ccc(-c4cccc5c4-c4ccccc4C5(C)C)cc3)cc21. The Bertz CT molecular complexity index is 2150. The highest BCUT2D eigenvalue weighted by atomic mass is 15.3. The number of hydrogen-bond acceptors (Lipinski definition) is 2. The Morgan fingerprint density at radius 1 is 0.511 bits per heavy atom. The summed E-state index contributed by atoms with van der Waals surface area (Å²) in [6.45, 7) is 9.41. The summed E-state index contributed by atoms with van der Waals surface area (Å²) in [5.41, 5.74) is 18.4. The number of hydrogen-bond donors (Lipinski definition) is 1. The molecule has 9 rings (SSSR count). The normalized spacial score (nSPS) is 17.6. The van der Waals surface area contributed by atoms with Crippen LogP contribution in [0, 0.1) is 0 Å². The summed E-state index contributed by atoms with van der Waals surface area (Å²) in [5, 5.41) is 3.87. The van der Waals surface area contributed by atoms with E-state index < -0.39 is 0 Å². The van der Waals surface area contributed by atoms with Crippen LogP contribution in [-0.4, -0.2) is 0 Å². The Hall–Kier alpha value is -5.08. The van der Waals surface area contributed by atoms with Gasteiger partial charge in [0, 0.05) is 16.5 Å². The first-order chi connectivity index (χ1) is 21.8. The molecule has 1 heterocycles. The van der Waals surface area contributed by atoms with Crippen LogP contribution >= 0.6 is 0 Å². The third-order valence-electron chi connectivity index (χ3n) is 10.7. The molecule has 0 amide bonds. The number of nitrogens with zero attached hydrogens (tertiary/aromatic N) is 1. The Balaban J connectivity index is 1.13. The molecule has 0 fully saturated rings. The van der Waals surface area contributed by atoms with E-state index in [1.54, 1.807) is 0 Å². The molecule has 1 N–H and O–H groups in total. The second kappa shape index (κ2) is 9.22. The van der Waals surface area contributed by atoms with Gasteiger partial charge >= 0.3 is 0 Å². The molecule has 2 nitrogen and oxygen atoms in total. The Labute approximate surface area is 266 Å². The van der Waals surface area contributed by atoms with E-state index in [1.807, 2.05) is 0 Å². The van der Waals surface area contributed by atoms with Crippen molar-refractivity contribution in [3.8, 4) is 33.4 Å². The van der Waals surface area contributed by atoms with Crippen molar-refractivity contribution in [2.45, 2.75) is 44.7 Å². The molecule has 218 valence electrons. The minimum Gasteiger partial charge on any atom is -0.359 e. The van der Waals surface area contributed by atoms with Crippen LogP contribution in [0.2, 0.25) is 0 Å². The first-order valence-corrected chi connectivity index (χ1v) is 16.1. The van der Waals surface area contributed by atoms with E-state index >= 15 is 0 Å². The van der Waals surface area contributed by atoms with Gasteiger partial charge in [0.15, 0.2) is 0 Å². The number of nitrogens with one attached hydrogen (secondary N) is 1. The lowest BCUT2D eigenvalue weighted by atomic mass is 9.82. The lowest BCUT2D eigenvalue weighted by Gasteiger charge is -2.29. The van der Waals surface area contributed by atoms with Gasteiger partial charge in [-0.25, -0.2) is 0 Å². The Morgan fingerprint density at radius 3 is 1.91 bits per heavy atom. The predicted octanol–water partition coefficient (Wildman–Crippen LogP) is 11.2. The van der Waals surface area contributed by atoms with E-state index in [-0.39, 0.29) is 17.0 Å². The Kier molecular flexibility index (Phi) is 5.39. The fourth-order valence-electron chi connectivity index (χ4n) is 8.37. The first-order valence-electron chi connectivity index (χ1n) is 16.1. The fraction of sp³-hybridized carbons (Fsp3) is 0.163. The van der Waals surface area contributed by atoms with Crippen LogP contribution in [0.3, 0.4) is 0 Å². The van der Waals surface area contributed by atoms with Gasteiger partial charge in [0.05, 0.1) is 11.4 Å². The van der Waals surface area contributed by atoms with Gasteiger partial charge in [-0.05, 0) is 85.5 Å². The maximum Gasteiger partial charge on any atom is 0.130 e. The first kappa shape index (κ1) is 26.3. The summed E-state index contributed by atoms with van der Waals surface area (Å²) in [7, 11) is 0. The van der Waals surface area contributed by atoms with Crippen molar-refractivity contribution in [2.24, 2.45) is 0 Å². The molecule has 6 aromatic rings. The summed E-state index contributed by atoms with van der Waals surface area (Å²) in [5.74, 6) is 0. The van der Waals surface area contributed by atoms with Crippen molar-refractivity contribution in [1.82, 2.24) is 0 Å². The Morgan fingerprint density at radius 2 is 1.11 bits per heavy atom. The van der Waals surface area contributed by atoms with Crippen molar-refractivity contribution in [2.75, 3.05) is 10.2 Å². The maximum atomic E-state index is 3.87. The highest BCUT2D eigenvalue weighted by Crippen LogP contribution is 2.53. The summed E-state index contributed by atoms with van der Waals surface area (Å²) in [6.07, 6.45) is -0.00768. The molecule has 1 atom stereocenters.